The first-order valence-corrected chi connectivity index (χ1v) is 11.8. The molecular weight excluding hydrogens is 499 g/mol. The van der Waals surface area contributed by atoms with Crippen LogP contribution in [-0.2, 0) is 6.54 Å². The van der Waals surface area contributed by atoms with Crippen molar-refractivity contribution in [1.82, 2.24) is 19.5 Å². The zero-order valence-electron chi connectivity index (χ0n) is 19.4. The lowest BCUT2D eigenvalue weighted by molar-refractivity contribution is -0.384. The van der Waals surface area contributed by atoms with Gasteiger partial charge in [0.1, 0.15) is 28.6 Å². The first kappa shape index (κ1) is 22.9. The largest absolute Gasteiger partial charge is 0.436 e. The summed E-state index contributed by atoms with van der Waals surface area (Å²) in [4.78, 5) is 26.0. The third-order valence-electron chi connectivity index (χ3n) is 6.24. The molecule has 184 valence electrons. The van der Waals surface area contributed by atoms with Crippen LogP contribution in [0.15, 0.2) is 67.0 Å². The van der Waals surface area contributed by atoms with Gasteiger partial charge in [0.15, 0.2) is 11.6 Å². The number of aromatic nitrogens is 4. The third kappa shape index (κ3) is 3.82. The lowest BCUT2D eigenvalue weighted by Crippen LogP contribution is -2.15. The van der Waals surface area contributed by atoms with E-state index in [9.17, 15) is 10.1 Å². The number of nitrogens with zero attached hydrogens (tertiary/aromatic N) is 6. The van der Waals surface area contributed by atoms with E-state index in [1.807, 2.05) is 22.5 Å². The Hall–Kier alpha value is -4.57. The second-order valence-electron chi connectivity index (χ2n) is 8.48. The lowest BCUT2D eigenvalue weighted by atomic mass is 10.0. The molecule has 5 aromatic rings. The van der Waals surface area contributed by atoms with Gasteiger partial charge in [0.25, 0.3) is 5.69 Å². The molecule has 11 heteroatoms. The first-order valence-electron chi connectivity index (χ1n) is 11.4. The molecule has 0 aliphatic carbocycles. The van der Waals surface area contributed by atoms with Crippen molar-refractivity contribution in [2.24, 2.45) is 0 Å². The molecule has 1 aliphatic heterocycles. The molecule has 9 nitrogen and oxygen atoms in total. The molecule has 0 saturated carbocycles. The van der Waals surface area contributed by atoms with E-state index in [4.69, 9.17) is 16.3 Å². The molecule has 0 N–H and O–H groups in total. The zero-order chi connectivity index (χ0) is 25.7. The highest BCUT2D eigenvalue weighted by Gasteiger charge is 2.34. The molecule has 0 unspecified atom stereocenters. The van der Waals surface area contributed by atoms with Crippen LogP contribution in [0.2, 0.25) is 5.15 Å². The van der Waals surface area contributed by atoms with Crippen molar-refractivity contribution in [2.45, 2.75) is 13.5 Å². The molecule has 0 radical (unpaired) electrons. The molecule has 37 heavy (non-hydrogen) atoms. The predicted octanol–water partition coefficient (Wildman–Crippen LogP) is 6.45. The number of aryl methyl sites for hydroxylation is 1. The van der Waals surface area contributed by atoms with Gasteiger partial charge in [-0.05, 0) is 36.8 Å². The van der Waals surface area contributed by atoms with Gasteiger partial charge in [-0.1, -0.05) is 35.9 Å². The fourth-order valence-corrected chi connectivity index (χ4v) is 4.92. The second kappa shape index (κ2) is 8.82. The predicted molar refractivity (Wildman–Crippen MR) is 137 cm³/mol. The minimum absolute atomic E-state index is 0.0138. The highest BCUT2D eigenvalue weighted by molar-refractivity contribution is 6.35. The summed E-state index contributed by atoms with van der Waals surface area (Å²) in [6.45, 7) is 2.79. The lowest BCUT2D eigenvalue weighted by Gasteiger charge is -2.20. The summed E-state index contributed by atoms with van der Waals surface area (Å²) in [5.41, 5.74) is 2.78. The number of nitro benzene ring substituents is 1. The number of halogens is 2. The summed E-state index contributed by atoms with van der Waals surface area (Å²) >= 11 is 6.53. The standard InChI is InChI=1S/C26H18ClFN6O3/c1-15-5-4-8-21(31-15)37-20-10-9-16(13-17(20)28)22-23-24(27)29-14-30-25(23)33-12-11-32(26(22)33)18-6-2-3-7-19(18)34(35)36/h2-10,13-14H,11-12H2,1H3. The first-order chi connectivity index (χ1) is 17.9. The smallest absolute Gasteiger partial charge is 0.292 e. The molecule has 6 rings (SSSR count). The molecule has 0 atom stereocenters. The van der Waals surface area contributed by atoms with Crippen molar-refractivity contribution < 1.29 is 14.1 Å². The van der Waals surface area contributed by atoms with Crippen LogP contribution in [0.4, 0.5) is 21.6 Å². The zero-order valence-corrected chi connectivity index (χ0v) is 20.2. The molecule has 2 aromatic carbocycles. The highest BCUT2D eigenvalue weighted by atomic mass is 35.5. The fraction of sp³-hybridized carbons (Fsp3) is 0.115. The number of fused-ring (bicyclic) bond motifs is 3. The summed E-state index contributed by atoms with van der Waals surface area (Å²) in [5.74, 6) is 0.318. The molecule has 4 heterocycles. The minimum Gasteiger partial charge on any atom is -0.436 e. The van der Waals surface area contributed by atoms with Crippen LogP contribution >= 0.6 is 11.6 Å². The summed E-state index contributed by atoms with van der Waals surface area (Å²) in [5, 5.41) is 12.5. The Morgan fingerprint density at radius 2 is 1.92 bits per heavy atom. The number of para-hydroxylation sites is 2. The molecule has 0 fully saturated rings. The molecule has 3 aromatic heterocycles. The SMILES string of the molecule is Cc1cccc(Oc2ccc(-c3c4n(c5ncnc(Cl)c35)CCN4c3ccccc3[N+](=O)[O-])cc2F)n1. The van der Waals surface area contributed by atoms with Gasteiger partial charge in [0, 0.05) is 36.5 Å². The highest BCUT2D eigenvalue weighted by Crippen LogP contribution is 2.48. The molecule has 1 aliphatic rings. The van der Waals surface area contributed by atoms with E-state index in [1.54, 1.807) is 36.4 Å². The fourth-order valence-electron chi connectivity index (χ4n) is 4.70. The quantitative estimate of drug-likeness (QED) is 0.150. The van der Waals surface area contributed by atoms with Crippen LogP contribution in [0.3, 0.4) is 0 Å². The van der Waals surface area contributed by atoms with Gasteiger partial charge in [-0.25, -0.2) is 19.3 Å². The Labute approximate surface area is 214 Å². The van der Waals surface area contributed by atoms with E-state index in [0.717, 1.165) is 5.69 Å². The van der Waals surface area contributed by atoms with Crippen molar-refractivity contribution in [2.75, 3.05) is 11.4 Å². The number of pyridine rings is 1. The van der Waals surface area contributed by atoms with E-state index < -0.39 is 10.7 Å². The number of rotatable bonds is 5. The number of ether oxygens (including phenoxy) is 1. The summed E-state index contributed by atoms with van der Waals surface area (Å²) in [7, 11) is 0. The van der Waals surface area contributed by atoms with Crippen LogP contribution in [0.1, 0.15) is 5.69 Å². The number of anilines is 2. The molecule has 0 bridgehead atoms. The van der Waals surface area contributed by atoms with Crippen molar-refractivity contribution in [3.05, 3.63) is 93.8 Å². The summed E-state index contributed by atoms with van der Waals surface area (Å²) in [6.07, 6.45) is 1.36. The van der Waals surface area contributed by atoms with Gasteiger partial charge in [-0.3, -0.25) is 10.1 Å². The summed E-state index contributed by atoms with van der Waals surface area (Å²) in [6, 6.07) is 16.3. The van der Waals surface area contributed by atoms with Gasteiger partial charge >= 0.3 is 0 Å². The molecular formula is C26H18ClFN6O3. The maximum atomic E-state index is 15.3. The van der Waals surface area contributed by atoms with Crippen LogP contribution in [0.5, 0.6) is 11.6 Å². The van der Waals surface area contributed by atoms with Crippen molar-refractivity contribution in [3.8, 4) is 22.8 Å². The number of hydrogen-bond acceptors (Lipinski definition) is 7. The van der Waals surface area contributed by atoms with Crippen LogP contribution in [0.25, 0.3) is 22.2 Å². The van der Waals surface area contributed by atoms with E-state index in [0.29, 0.717) is 46.8 Å². The van der Waals surface area contributed by atoms with Gasteiger partial charge in [0.05, 0.1) is 10.3 Å². The van der Waals surface area contributed by atoms with Gasteiger partial charge in [-0.2, -0.15) is 0 Å². The Kier molecular flexibility index (Phi) is 5.45. The van der Waals surface area contributed by atoms with Gasteiger partial charge < -0.3 is 14.2 Å². The second-order valence-corrected chi connectivity index (χ2v) is 8.83. The van der Waals surface area contributed by atoms with Gasteiger partial charge in [0.2, 0.25) is 5.88 Å². The van der Waals surface area contributed by atoms with Crippen LogP contribution in [-0.4, -0.2) is 31.0 Å². The van der Waals surface area contributed by atoms with E-state index >= 15 is 4.39 Å². The van der Waals surface area contributed by atoms with Crippen molar-refractivity contribution in [1.29, 1.82) is 0 Å². The van der Waals surface area contributed by atoms with Crippen LogP contribution in [0, 0.1) is 22.9 Å². The van der Waals surface area contributed by atoms with E-state index in [1.165, 1.54) is 24.5 Å². The topological polar surface area (TPSA) is 99.2 Å². The number of nitro groups is 1. The van der Waals surface area contributed by atoms with Gasteiger partial charge in [-0.15, -0.1) is 0 Å². The average molecular weight is 517 g/mol. The normalized spacial score (nSPS) is 12.7. The Morgan fingerprint density at radius 3 is 2.70 bits per heavy atom. The Morgan fingerprint density at radius 1 is 1.08 bits per heavy atom. The Balaban J connectivity index is 1.52. The maximum absolute atomic E-state index is 15.3. The summed E-state index contributed by atoms with van der Waals surface area (Å²) < 4.78 is 22.9. The van der Waals surface area contributed by atoms with Crippen molar-refractivity contribution >= 4 is 39.8 Å². The molecule has 0 spiro atoms. The Bertz CT molecular complexity index is 1710. The van der Waals surface area contributed by atoms with Crippen molar-refractivity contribution in [3.63, 3.8) is 0 Å². The van der Waals surface area contributed by atoms with E-state index in [2.05, 4.69) is 15.0 Å². The minimum atomic E-state index is -0.600. The molecule has 0 saturated heterocycles. The average Bonchev–Trinajstić information content (AvgIpc) is 3.45. The third-order valence-corrected chi connectivity index (χ3v) is 6.52. The number of hydrogen-bond donors (Lipinski definition) is 0. The molecule has 0 amide bonds. The van der Waals surface area contributed by atoms with Crippen LogP contribution < -0.4 is 9.64 Å². The maximum Gasteiger partial charge on any atom is 0.292 e. The van der Waals surface area contributed by atoms with E-state index in [-0.39, 0.29) is 22.5 Å². The number of benzene rings is 2. The monoisotopic (exact) mass is 516 g/mol.